The first-order valence-electron chi connectivity index (χ1n) is 6.08. The molecule has 0 amide bonds. The van der Waals surface area contributed by atoms with E-state index in [-0.39, 0.29) is 0 Å². The molecule has 1 fully saturated rings. The highest BCUT2D eigenvalue weighted by atomic mass is 15.1. The maximum atomic E-state index is 3.86. The third kappa shape index (κ3) is 3.53. The fraction of sp³-hybridized carbons (Fsp3) is 0.846. The van der Waals surface area contributed by atoms with Crippen LogP contribution in [0.3, 0.4) is 0 Å². The molecule has 1 rings (SSSR count). The van der Waals surface area contributed by atoms with Gasteiger partial charge in [0.1, 0.15) is 0 Å². The summed E-state index contributed by atoms with van der Waals surface area (Å²) in [6.07, 6.45) is 4.98. The van der Waals surface area contributed by atoms with Crippen LogP contribution in [0.25, 0.3) is 0 Å². The van der Waals surface area contributed by atoms with E-state index in [9.17, 15) is 0 Å². The van der Waals surface area contributed by atoms with Gasteiger partial charge in [0.05, 0.1) is 0 Å². The first-order valence-corrected chi connectivity index (χ1v) is 6.08. The SMILES string of the molecule is C=C(C)NCC[C@@]1(C)CC[C@@](C)(CC)N1. The second-order valence-electron chi connectivity index (χ2n) is 5.56. The molecule has 0 aromatic heterocycles. The van der Waals surface area contributed by atoms with Crippen molar-refractivity contribution in [3.63, 3.8) is 0 Å². The molecule has 2 nitrogen and oxygen atoms in total. The molecule has 0 spiro atoms. The molecule has 0 saturated carbocycles. The van der Waals surface area contributed by atoms with E-state index in [2.05, 4.69) is 38.0 Å². The van der Waals surface area contributed by atoms with Crippen LogP contribution in [0.1, 0.15) is 53.4 Å². The van der Waals surface area contributed by atoms with Gasteiger partial charge in [-0.1, -0.05) is 13.5 Å². The van der Waals surface area contributed by atoms with Crippen LogP contribution in [-0.2, 0) is 0 Å². The van der Waals surface area contributed by atoms with Gasteiger partial charge in [0, 0.05) is 23.3 Å². The summed E-state index contributed by atoms with van der Waals surface area (Å²) in [4.78, 5) is 0. The zero-order valence-electron chi connectivity index (χ0n) is 10.7. The molecule has 15 heavy (non-hydrogen) atoms. The molecular formula is C13H26N2. The van der Waals surface area contributed by atoms with Crippen molar-refractivity contribution in [2.45, 2.75) is 64.5 Å². The molecule has 2 N–H and O–H groups in total. The van der Waals surface area contributed by atoms with Crippen LogP contribution in [0.4, 0.5) is 0 Å². The maximum absolute atomic E-state index is 3.86. The molecule has 1 aliphatic heterocycles. The molecule has 0 bridgehead atoms. The molecule has 2 heteroatoms. The predicted molar refractivity (Wildman–Crippen MR) is 66.9 cm³/mol. The Balaban J connectivity index is 2.38. The highest BCUT2D eigenvalue weighted by Gasteiger charge is 2.39. The lowest BCUT2D eigenvalue weighted by molar-refractivity contribution is 0.304. The molecule has 0 aliphatic carbocycles. The van der Waals surface area contributed by atoms with Crippen molar-refractivity contribution >= 4 is 0 Å². The summed E-state index contributed by atoms with van der Waals surface area (Å²) in [5, 5.41) is 7.11. The average molecular weight is 210 g/mol. The summed E-state index contributed by atoms with van der Waals surface area (Å²) in [5.41, 5.74) is 1.74. The Morgan fingerprint density at radius 1 is 1.33 bits per heavy atom. The lowest BCUT2D eigenvalue weighted by Crippen LogP contribution is -2.47. The Morgan fingerprint density at radius 2 is 1.93 bits per heavy atom. The average Bonchev–Trinajstić information content (AvgIpc) is 2.43. The Hall–Kier alpha value is -0.500. The second kappa shape index (κ2) is 4.56. The number of hydrogen-bond donors (Lipinski definition) is 2. The van der Waals surface area contributed by atoms with E-state index in [0.29, 0.717) is 11.1 Å². The largest absolute Gasteiger partial charge is 0.389 e. The van der Waals surface area contributed by atoms with E-state index in [1.165, 1.54) is 25.7 Å². The van der Waals surface area contributed by atoms with Gasteiger partial charge in [-0.25, -0.2) is 0 Å². The van der Waals surface area contributed by atoms with Crippen LogP contribution in [-0.4, -0.2) is 17.6 Å². The summed E-state index contributed by atoms with van der Waals surface area (Å²) < 4.78 is 0. The summed E-state index contributed by atoms with van der Waals surface area (Å²) in [6.45, 7) is 13.8. The van der Waals surface area contributed by atoms with Gasteiger partial charge in [-0.05, 0) is 46.5 Å². The van der Waals surface area contributed by atoms with Crippen molar-refractivity contribution in [2.24, 2.45) is 0 Å². The van der Waals surface area contributed by atoms with Crippen LogP contribution in [0.15, 0.2) is 12.3 Å². The second-order valence-corrected chi connectivity index (χ2v) is 5.56. The van der Waals surface area contributed by atoms with Crippen molar-refractivity contribution in [3.05, 3.63) is 12.3 Å². The summed E-state index contributed by atoms with van der Waals surface area (Å²) >= 11 is 0. The summed E-state index contributed by atoms with van der Waals surface area (Å²) in [6, 6.07) is 0. The first kappa shape index (κ1) is 12.6. The standard InChI is InChI=1S/C13H26N2/c1-6-12(4)7-8-13(5,15-12)9-10-14-11(2)3/h14-15H,2,6-10H2,1,3-5H3/t12-,13-/m1/s1. The normalized spacial score (nSPS) is 35.5. The molecule has 0 aromatic carbocycles. The topological polar surface area (TPSA) is 24.1 Å². The molecule has 1 saturated heterocycles. The van der Waals surface area contributed by atoms with E-state index in [1.54, 1.807) is 0 Å². The van der Waals surface area contributed by atoms with Gasteiger partial charge in [-0.2, -0.15) is 0 Å². The van der Waals surface area contributed by atoms with Gasteiger partial charge < -0.3 is 10.6 Å². The minimum atomic E-state index is 0.313. The molecule has 0 aromatic rings. The Kier molecular flexibility index (Phi) is 3.82. The Morgan fingerprint density at radius 3 is 2.40 bits per heavy atom. The van der Waals surface area contributed by atoms with E-state index in [1.807, 2.05) is 6.92 Å². The van der Waals surface area contributed by atoms with Crippen LogP contribution in [0.2, 0.25) is 0 Å². The summed E-state index contributed by atoms with van der Waals surface area (Å²) in [5.74, 6) is 0. The fourth-order valence-electron chi connectivity index (χ4n) is 2.41. The van der Waals surface area contributed by atoms with E-state index < -0.39 is 0 Å². The first-order chi connectivity index (χ1) is 6.89. The molecule has 1 aliphatic rings. The van der Waals surface area contributed by atoms with Gasteiger partial charge in [0.2, 0.25) is 0 Å². The van der Waals surface area contributed by atoms with Crippen molar-refractivity contribution in [3.8, 4) is 0 Å². The van der Waals surface area contributed by atoms with Crippen molar-refractivity contribution in [1.29, 1.82) is 0 Å². The maximum Gasteiger partial charge on any atom is 0.0175 e. The lowest BCUT2D eigenvalue weighted by Gasteiger charge is -2.31. The molecule has 1 heterocycles. The van der Waals surface area contributed by atoms with Gasteiger partial charge in [-0.15, -0.1) is 0 Å². The minimum Gasteiger partial charge on any atom is -0.389 e. The van der Waals surface area contributed by atoms with E-state index >= 15 is 0 Å². The van der Waals surface area contributed by atoms with Crippen LogP contribution < -0.4 is 10.6 Å². The van der Waals surface area contributed by atoms with E-state index in [4.69, 9.17) is 0 Å². The predicted octanol–water partition coefficient (Wildman–Crippen LogP) is 2.81. The van der Waals surface area contributed by atoms with Gasteiger partial charge in [0.15, 0.2) is 0 Å². The molecule has 0 unspecified atom stereocenters. The Labute approximate surface area is 94.5 Å². The fourth-order valence-corrected chi connectivity index (χ4v) is 2.41. The molecule has 2 atom stereocenters. The van der Waals surface area contributed by atoms with E-state index in [0.717, 1.165) is 12.2 Å². The van der Waals surface area contributed by atoms with Crippen molar-refractivity contribution in [1.82, 2.24) is 10.6 Å². The number of allylic oxidation sites excluding steroid dienone is 1. The van der Waals surface area contributed by atoms with Crippen LogP contribution in [0, 0.1) is 0 Å². The third-order valence-corrected chi connectivity index (χ3v) is 3.72. The molecule has 88 valence electrons. The smallest absolute Gasteiger partial charge is 0.0175 e. The zero-order valence-corrected chi connectivity index (χ0v) is 10.7. The monoisotopic (exact) mass is 210 g/mol. The lowest BCUT2D eigenvalue weighted by atomic mass is 9.94. The van der Waals surface area contributed by atoms with Crippen molar-refractivity contribution < 1.29 is 0 Å². The Bertz CT molecular complexity index is 237. The van der Waals surface area contributed by atoms with Gasteiger partial charge in [0.25, 0.3) is 0 Å². The van der Waals surface area contributed by atoms with Gasteiger partial charge >= 0.3 is 0 Å². The highest BCUT2D eigenvalue weighted by molar-refractivity contribution is 5.01. The third-order valence-electron chi connectivity index (χ3n) is 3.72. The van der Waals surface area contributed by atoms with Crippen LogP contribution in [0.5, 0.6) is 0 Å². The minimum absolute atomic E-state index is 0.313. The van der Waals surface area contributed by atoms with Gasteiger partial charge in [-0.3, -0.25) is 0 Å². The van der Waals surface area contributed by atoms with Crippen LogP contribution >= 0.6 is 0 Å². The van der Waals surface area contributed by atoms with Crippen molar-refractivity contribution in [2.75, 3.05) is 6.54 Å². The highest BCUT2D eigenvalue weighted by Crippen LogP contribution is 2.34. The molecular weight excluding hydrogens is 184 g/mol. The summed E-state index contributed by atoms with van der Waals surface area (Å²) in [7, 11) is 0. The number of nitrogens with one attached hydrogen (secondary N) is 2. The number of rotatable bonds is 5. The molecule has 0 radical (unpaired) electrons. The zero-order chi connectivity index (χ0) is 11.5. The quantitative estimate of drug-likeness (QED) is 0.729. The number of hydrogen-bond acceptors (Lipinski definition) is 2.